The maximum atomic E-state index is 5.18. The standard InChI is InChI=1S/C4H5N3.N/c5-4-3-6-1-2-7-4;/h1-3H,(H2,5,7);. The molecule has 0 aromatic carbocycles. The molecule has 0 amide bonds. The van der Waals surface area contributed by atoms with Crippen LogP contribution in [-0.2, 0) is 0 Å². The van der Waals surface area contributed by atoms with Crippen molar-refractivity contribution in [2.45, 2.75) is 0 Å². The van der Waals surface area contributed by atoms with Gasteiger partial charge in [0, 0.05) is 18.5 Å². The van der Waals surface area contributed by atoms with Gasteiger partial charge in [-0.1, -0.05) is 0 Å². The zero-order valence-electron chi connectivity index (χ0n) is 4.15. The summed E-state index contributed by atoms with van der Waals surface area (Å²) in [5, 5.41) is 0. The summed E-state index contributed by atoms with van der Waals surface area (Å²) >= 11 is 0. The van der Waals surface area contributed by atoms with Crippen molar-refractivity contribution in [2.24, 2.45) is 0 Å². The molecule has 0 saturated heterocycles. The average molecular weight is 109 g/mol. The molecule has 2 N–H and O–H groups in total. The Hall–Kier alpha value is -1.16. The molecule has 0 unspecified atom stereocenters. The molecule has 4 nitrogen and oxygen atoms in total. The summed E-state index contributed by atoms with van der Waals surface area (Å²) in [4.78, 5) is 7.39. The van der Waals surface area contributed by atoms with E-state index in [-0.39, 0.29) is 6.15 Å². The summed E-state index contributed by atoms with van der Waals surface area (Å²) in [5.41, 5.74) is 5.18. The third-order valence-electron chi connectivity index (χ3n) is 0.583. The van der Waals surface area contributed by atoms with Crippen molar-refractivity contribution in [3.8, 4) is 0 Å². The number of nitrogen functional groups attached to an aromatic ring is 1. The maximum Gasteiger partial charge on any atom is 0.141 e. The second kappa shape index (κ2) is 2.92. The molecule has 0 aliphatic rings. The van der Waals surface area contributed by atoms with Gasteiger partial charge in [0.2, 0.25) is 0 Å². The number of hydrogen-bond donors (Lipinski definition) is 1. The van der Waals surface area contributed by atoms with Crippen LogP contribution in [0.3, 0.4) is 0 Å². The highest BCUT2D eigenvalue weighted by atomic mass is 14.9. The van der Waals surface area contributed by atoms with Gasteiger partial charge >= 0.3 is 0 Å². The molecule has 1 aromatic rings. The molecule has 1 heterocycles. The zero-order valence-corrected chi connectivity index (χ0v) is 4.15. The lowest BCUT2D eigenvalue weighted by Gasteiger charge is -1.82. The summed E-state index contributed by atoms with van der Waals surface area (Å²) in [6.45, 7) is 0. The molecule has 0 aliphatic carbocycles. The molecule has 0 saturated carbocycles. The number of aromatic nitrogens is 2. The number of nitrogens with zero attached hydrogens (tertiary/aromatic N) is 3. The third-order valence-corrected chi connectivity index (χ3v) is 0.583. The molecule has 1 rings (SSSR count). The van der Waals surface area contributed by atoms with Crippen LogP contribution in [0.5, 0.6) is 0 Å². The Balaban J connectivity index is 0.000000490. The topological polar surface area (TPSA) is 82.3 Å². The van der Waals surface area contributed by atoms with Crippen molar-refractivity contribution in [3.05, 3.63) is 18.6 Å². The number of rotatable bonds is 0. The second-order valence-corrected chi connectivity index (χ2v) is 1.13. The van der Waals surface area contributed by atoms with E-state index in [0.29, 0.717) is 5.82 Å². The zero-order chi connectivity index (χ0) is 5.11. The van der Waals surface area contributed by atoms with Gasteiger partial charge in [0.05, 0.1) is 6.20 Å². The van der Waals surface area contributed by atoms with Gasteiger partial charge in [0.1, 0.15) is 5.82 Å². The van der Waals surface area contributed by atoms with Gasteiger partial charge in [-0.2, -0.15) is 0 Å². The monoisotopic (exact) mass is 109 g/mol. The van der Waals surface area contributed by atoms with Crippen LogP contribution >= 0.6 is 0 Å². The van der Waals surface area contributed by atoms with Crippen LogP contribution in [0, 0.1) is 0 Å². The molecule has 4 heteroatoms. The summed E-state index contributed by atoms with van der Waals surface area (Å²) in [7, 11) is 0. The van der Waals surface area contributed by atoms with E-state index in [1.54, 1.807) is 12.4 Å². The first-order valence-electron chi connectivity index (χ1n) is 1.91. The molecule has 0 spiro atoms. The molecule has 1 aromatic heterocycles. The molecule has 0 bridgehead atoms. The summed E-state index contributed by atoms with van der Waals surface area (Å²) in [5.74, 6) is 0.461. The molecular weight excluding hydrogens is 104 g/mol. The van der Waals surface area contributed by atoms with Crippen molar-refractivity contribution >= 4 is 5.82 Å². The first-order chi connectivity index (χ1) is 3.39. The molecular formula is C4H5N4. The van der Waals surface area contributed by atoms with Gasteiger partial charge in [-0.15, -0.1) is 0 Å². The highest BCUT2D eigenvalue weighted by Crippen LogP contribution is 1.84. The van der Waals surface area contributed by atoms with E-state index in [1.165, 1.54) is 6.20 Å². The molecule has 3 radical (unpaired) electrons. The van der Waals surface area contributed by atoms with E-state index in [4.69, 9.17) is 5.73 Å². The minimum Gasteiger partial charge on any atom is -0.382 e. The molecule has 8 heavy (non-hydrogen) atoms. The molecule has 0 fully saturated rings. The van der Waals surface area contributed by atoms with Crippen molar-refractivity contribution in [2.75, 3.05) is 5.73 Å². The maximum absolute atomic E-state index is 5.18. The molecule has 41 valence electrons. The molecule has 0 aliphatic heterocycles. The summed E-state index contributed by atoms with van der Waals surface area (Å²) in [6, 6.07) is 0. The Morgan fingerprint density at radius 1 is 1.38 bits per heavy atom. The van der Waals surface area contributed by atoms with Gasteiger partial charge in [-0.3, -0.25) is 4.98 Å². The molecule has 0 atom stereocenters. The first-order valence-corrected chi connectivity index (χ1v) is 1.91. The third kappa shape index (κ3) is 1.53. The number of nitrogens with two attached hydrogens (primary N) is 1. The second-order valence-electron chi connectivity index (χ2n) is 1.13. The first kappa shape index (κ1) is 6.84. The largest absolute Gasteiger partial charge is 0.382 e. The average Bonchev–Trinajstić information content (AvgIpc) is 1.69. The minimum atomic E-state index is 0. The highest BCUT2D eigenvalue weighted by Gasteiger charge is 1.74. The van der Waals surface area contributed by atoms with Crippen LogP contribution in [0.15, 0.2) is 18.6 Å². The fraction of sp³-hybridized carbons (Fsp3) is 0. The van der Waals surface area contributed by atoms with Gasteiger partial charge in [0.25, 0.3) is 0 Å². The predicted molar refractivity (Wildman–Crippen MR) is 28.6 cm³/mol. The lowest BCUT2D eigenvalue weighted by Crippen LogP contribution is -1.87. The van der Waals surface area contributed by atoms with Gasteiger partial charge in [-0.05, 0) is 0 Å². The van der Waals surface area contributed by atoms with Crippen molar-refractivity contribution in [3.63, 3.8) is 0 Å². The smallest absolute Gasteiger partial charge is 0.141 e. The van der Waals surface area contributed by atoms with Crippen molar-refractivity contribution in [1.29, 1.82) is 0 Å². The van der Waals surface area contributed by atoms with E-state index < -0.39 is 0 Å². The highest BCUT2D eigenvalue weighted by molar-refractivity contribution is 5.20. The van der Waals surface area contributed by atoms with Crippen LogP contribution in [0.1, 0.15) is 0 Å². The van der Waals surface area contributed by atoms with Crippen LogP contribution < -0.4 is 11.9 Å². The SMILES string of the molecule is Nc1cnccn1.[N]. The Morgan fingerprint density at radius 2 is 2.12 bits per heavy atom. The van der Waals surface area contributed by atoms with E-state index in [0.717, 1.165) is 0 Å². The summed E-state index contributed by atoms with van der Waals surface area (Å²) < 4.78 is 0. The van der Waals surface area contributed by atoms with E-state index in [1.807, 2.05) is 0 Å². The Labute approximate surface area is 47.3 Å². The van der Waals surface area contributed by atoms with E-state index in [9.17, 15) is 0 Å². The Kier molecular flexibility index (Phi) is 2.50. The van der Waals surface area contributed by atoms with Gasteiger partial charge < -0.3 is 5.73 Å². The van der Waals surface area contributed by atoms with Gasteiger partial charge in [-0.25, -0.2) is 4.98 Å². The van der Waals surface area contributed by atoms with Gasteiger partial charge in [0.15, 0.2) is 0 Å². The predicted octanol–water partition coefficient (Wildman–Crippen LogP) is -0.422. The normalized spacial score (nSPS) is 7.50. The van der Waals surface area contributed by atoms with Crippen LogP contribution in [0.25, 0.3) is 0 Å². The Morgan fingerprint density at radius 3 is 2.38 bits per heavy atom. The van der Waals surface area contributed by atoms with E-state index in [2.05, 4.69) is 9.97 Å². The minimum absolute atomic E-state index is 0. The fourth-order valence-corrected chi connectivity index (χ4v) is 0.311. The van der Waals surface area contributed by atoms with Crippen LogP contribution in [0.2, 0.25) is 0 Å². The lowest BCUT2D eigenvalue weighted by molar-refractivity contribution is 1.21. The van der Waals surface area contributed by atoms with Crippen LogP contribution in [0.4, 0.5) is 5.82 Å². The summed E-state index contributed by atoms with van der Waals surface area (Å²) in [6.07, 6.45) is 4.63. The van der Waals surface area contributed by atoms with Crippen molar-refractivity contribution < 1.29 is 0 Å². The number of anilines is 1. The van der Waals surface area contributed by atoms with Crippen molar-refractivity contribution in [1.82, 2.24) is 16.1 Å². The Bertz CT molecular complexity index is 138. The van der Waals surface area contributed by atoms with E-state index >= 15 is 0 Å². The lowest BCUT2D eigenvalue weighted by atomic mass is 10.7. The quantitative estimate of drug-likeness (QED) is 0.491. The number of hydrogen-bond acceptors (Lipinski definition) is 3. The van der Waals surface area contributed by atoms with Crippen LogP contribution in [-0.4, -0.2) is 9.97 Å². The fourth-order valence-electron chi connectivity index (χ4n) is 0.311.